The first-order chi connectivity index (χ1) is 8.25. The van der Waals surface area contributed by atoms with Crippen LogP contribution < -0.4 is 10.2 Å². The molecule has 92 valence electrons. The largest absolute Gasteiger partial charge is 0.366 e. The number of para-hydroxylation sites is 1. The molecule has 1 heterocycles. The fraction of sp³-hybridized carbons (Fsp3) is 0.538. The summed E-state index contributed by atoms with van der Waals surface area (Å²) in [7, 11) is 0. The van der Waals surface area contributed by atoms with Crippen LogP contribution in [0.25, 0.3) is 0 Å². The summed E-state index contributed by atoms with van der Waals surface area (Å²) in [5.41, 5.74) is 1.00. The van der Waals surface area contributed by atoms with Gasteiger partial charge in [0.05, 0.1) is 15.7 Å². The van der Waals surface area contributed by atoms with Gasteiger partial charge < -0.3 is 10.2 Å². The maximum Gasteiger partial charge on any atom is 0.0745 e. The number of nitrogens with zero attached hydrogens (tertiary/aromatic N) is 1. The zero-order chi connectivity index (χ0) is 11.8. The van der Waals surface area contributed by atoms with Gasteiger partial charge in [0.1, 0.15) is 0 Å². The summed E-state index contributed by atoms with van der Waals surface area (Å²) in [6, 6.07) is 6.33. The fourth-order valence-electron chi connectivity index (χ4n) is 2.59. The number of benzene rings is 1. The highest BCUT2D eigenvalue weighted by Crippen LogP contribution is 2.37. The third-order valence-corrected chi connectivity index (χ3v) is 4.26. The van der Waals surface area contributed by atoms with Gasteiger partial charge in [-0.3, -0.25) is 0 Å². The van der Waals surface area contributed by atoms with Crippen LogP contribution in [0.2, 0.25) is 10.0 Å². The van der Waals surface area contributed by atoms with E-state index in [9.17, 15) is 0 Å². The second kappa shape index (κ2) is 4.68. The zero-order valence-electron chi connectivity index (χ0n) is 9.63. The number of nitrogens with one attached hydrogen (secondary N) is 1. The lowest BCUT2D eigenvalue weighted by Gasteiger charge is -2.36. The molecule has 1 N–H and O–H groups in total. The smallest absolute Gasteiger partial charge is 0.0745 e. The second-order valence-electron chi connectivity index (χ2n) is 4.91. The van der Waals surface area contributed by atoms with E-state index in [1.165, 1.54) is 12.8 Å². The van der Waals surface area contributed by atoms with Gasteiger partial charge in [-0.15, -0.1) is 0 Å². The van der Waals surface area contributed by atoms with E-state index in [-0.39, 0.29) is 0 Å². The maximum atomic E-state index is 6.26. The van der Waals surface area contributed by atoms with Crippen LogP contribution in [0.15, 0.2) is 18.2 Å². The van der Waals surface area contributed by atoms with Crippen LogP contribution >= 0.6 is 23.2 Å². The highest BCUT2D eigenvalue weighted by atomic mass is 35.5. The Hall–Kier alpha value is -0.440. The van der Waals surface area contributed by atoms with Gasteiger partial charge in [-0.05, 0) is 30.9 Å². The van der Waals surface area contributed by atoms with Gasteiger partial charge in [-0.25, -0.2) is 0 Å². The minimum Gasteiger partial charge on any atom is -0.366 e. The highest BCUT2D eigenvalue weighted by molar-refractivity contribution is 6.39. The summed E-state index contributed by atoms with van der Waals surface area (Å²) >= 11 is 12.5. The normalized spacial score (nSPS) is 25.1. The lowest BCUT2D eigenvalue weighted by molar-refractivity contribution is 0.419. The van der Waals surface area contributed by atoms with Crippen molar-refractivity contribution in [3.63, 3.8) is 0 Å². The van der Waals surface area contributed by atoms with E-state index in [0.29, 0.717) is 6.04 Å². The van der Waals surface area contributed by atoms with Crippen LogP contribution in [0, 0.1) is 5.92 Å². The molecular weight excluding hydrogens is 255 g/mol. The lowest BCUT2D eigenvalue weighted by Crippen LogP contribution is -2.51. The first-order valence-corrected chi connectivity index (χ1v) is 6.93. The molecule has 1 aliphatic carbocycles. The highest BCUT2D eigenvalue weighted by Gasteiger charge is 2.34. The van der Waals surface area contributed by atoms with Gasteiger partial charge in [-0.1, -0.05) is 29.3 Å². The minimum absolute atomic E-state index is 0.607. The van der Waals surface area contributed by atoms with Crippen molar-refractivity contribution in [2.24, 2.45) is 5.92 Å². The number of halogens is 2. The van der Waals surface area contributed by atoms with E-state index in [2.05, 4.69) is 10.2 Å². The van der Waals surface area contributed by atoms with E-state index < -0.39 is 0 Å². The molecule has 1 aliphatic heterocycles. The molecule has 0 bridgehead atoms. The molecule has 0 amide bonds. The Morgan fingerprint density at radius 2 is 1.88 bits per heavy atom. The average Bonchev–Trinajstić information content (AvgIpc) is 3.13. The van der Waals surface area contributed by atoms with E-state index in [0.717, 1.165) is 41.3 Å². The van der Waals surface area contributed by atoms with Gasteiger partial charge in [0.15, 0.2) is 0 Å². The van der Waals surface area contributed by atoms with Gasteiger partial charge in [0, 0.05) is 25.7 Å². The molecule has 1 saturated heterocycles. The monoisotopic (exact) mass is 270 g/mol. The number of anilines is 1. The predicted octanol–water partition coefficient (Wildman–Crippen LogP) is 3.18. The van der Waals surface area contributed by atoms with Crippen LogP contribution in [0.5, 0.6) is 0 Å². The molecule has 0 spiro atoms. The Balaban J connectivity index is 1.82. The molecule has 3 rings (SSSR count). The van der Waals surface area contributed by atoms with Crippen molar-refractivity contribution in [2.45, 2.75) is 18.9 Å². The lowest BCUT2D eigenvalue weighted by atomic mass is 10.1. The molecule has 2 aliphatic rings. The molecule has 2 nitrogen and oxygen atoms in total. The zero-order valence-corrected chi connectivity index (χ0v) is 11.1. The van der Waals surface area contributed by atoms with Crippen LogP contribution in [0.4, 0.5) is 5.69 Å². The van der Waals surface area contributed by atoms with Crippen LogP contribution in [-0.2, 0) is 0 Å². The quantitative estimate of drug-likeness (QED) is 0.888. The van der Waals surface area contributed by atoms with Crippen molar-refractivity contribution >= 4 is 28.9 Å². The summed E-state index contributed by atoms with van der Waals surface area (Å²) in [6.07, 6.45) is 2.73. The van der Waals surface area contributed by atoms with Crippen LogP contribution in [-0.4, -0.2) is 25.7 Å². The Kier molecular flexibility index (Phi) is 3.20. The van der Waals surface area contributed by atoms with Gasteiger partial charge in [-0.2, -0.15) is 0 Å². The summed E-state index contributed by atoms with van der Waals surface area (Å²) in [5.74, 6) is 0.860. The molecule has 1 atom stereocenters. The Morgan fingerprint density at radius 3 is 2.53 bits per heavy atom. The van der Waals surface area contributed by atoms with Gasteiger partial charge in [0.2, 0.25) is 0 Å². The number of rotatable bonds is 2. The second-order valence-corrected chi connectivity index (χ2v) is 5.73. The molecule has 4 heteroatoms. The van der Waals surface area contributed by atoms with Crippen molar-refractivity contribution in [3.05, 3.63) is 28.2 Å². The summed E-state index contributed by atoms with van der Waals surface area (Å²) in [4.78, 5) is 2.32. The van der Waals surface area contributed by atoms with Gasteiger partial charge >= 0.3 is 0 Å². The van der Waals surface area contributed by atoms with Crippen LogP contribution in [0.1, 0.15) is 12.8 Å². The fourth-order valence-corrected chi connectivity index (χ4v) is 3.22. The SMILES string of the molecule is Clc1cccc(Cl)c1N1CCNC(C2CC2)C1. The van der Waals surface area contributed by atoms with Crippen molar-refractivity contribution in [2.75, 3.05) is 24.5 Å². The molecular formula is C13H16Cl2N2. The molecule has 1 saturated carbocycles. The number of hydrogen-bond acceptors (Lipinski definition) is 2. The maximum absolute atomic E-state index is 6.26. The minimum atomic E-state index is 0.607. The Labute approximate surface area is 112 Å². The van der Waals surface area contributed by atoms with E-state index >= 15 is 0 Å². The Morgan fingerprint density at radius 1 is 1.18 bits per heavy atom. The molecule has 0 radical (unpaired) electrons. The average molecular weight is 271 g/mol. The third kappa shape index (κ3) is 2.40. The number of piperazine rings is 1. The summed E-state index contributed by atoms with van der Waals surface area (Å²) < 4.78 is 0. The van der Waals surface area contributed by atoms with Gasteiger partial charge in [0.25, 0.3) is 0 Å². The van der Waals surface area contributed by atoms with E-state index in [4.69, 9.17) is 23.2 Å². The summed E-state index contributed by atoms with van der Waals surface area (Å²) in [6.45, 7) is 3.02. The predicted molar refractivity (Wildman–Crippen MR) is 73.2 cm³/mol. The molecule has 1 aromatic rings. The first kappa shape index (κ1) is 11.6. The van der Waals surface area contributed by atoms with E-state index in [1.54, 1.807) is 0 Å². The topological polar surface area (TPSA) is 15.3 Å². The van der Waals surface area contributed by atoms with Crippen molar-refractivity contribution in [1.29, 1.82) is 0 Å². The Bertz CT molecular complexity index is 398. The first-order valence-electron chi connectivity index (χ1n) is 6.18. The van der Waals surface area contributed by atoms with Crippen molar-refractivity contribution in [1.82, 2.24) is 5.32 Å². The standard InChI is InChI=1S/C13H16Cl2N2/c14-10-2-1-3-11(15)13(10)17-7-6-16-12(8-17)9-4-5-9/h1-3,9,12,16H,4-8H2. The summed E-state index contributed by atoms with van der Waals surface area (Å²) in [5, 5.41) is 5.11. The van der Waals surface area contributed by atoms with Crippen LogP contribution in [0.3, 0.4) is 0 Å². The van der Waals surface area contributed by atoms with Crippen molar-refractivity contribution in [3.8, 4) is 0 Å². The van der Waals surface area contributed by atoms with E-state index in [1.807, 2.05) is 18.2 Å². The third-order valence-electron chi connectivity index (χ3n) is 3.65. The molecule has 17 heavy (non-hydrogen) atoms. The molecule has 0 aromatic heterocycles. The number of hydrogen-bond donors (Lipinski definition) is 1. The van der Waals surface area contributed by atoms with Crippen molar-refractivity contribution < 1.29 is 0 Å². The molecule has 1 aromatic carbocycles. The molecule has 1 unspecified atom stereocenters. The molecule has 2 fully saturated rings.